The molecule has 7 heteroatoms. The maximum atomic E-state index is 12.9. The van der Waals surface area contributed by atoms with Gasteiger partial charge in [0, 0.05) is 30.5 Å². The summed E-state index contributed by atoms with van der Waals surface area (Å²) in [5, 5.41) is 5.41. The van der Waals surface area contributed by atoms with E-state index in [2.05, 4.69) is 27.4 Å². The summed E-state index contributed by atoms with van der Waals surface area (Å²) in [6.45, 7) is 6.61. The highest BCUT2D eigenvalue weighted by Crippen LogP contribution is 2.33. The van der Waals surface area contributed by atoms with Crippen LogP contribution in [-0.4, -0.2) is 20.4 Å². The fourth-order valence-corrected chi connectivity index (χ4v) is 4.37. The monoisotopic (exact) mass is 446 g/mol. The number of ether oxygens (including phenoxy) is 1. The lowest BCUT2D eigenvalue weighted by Crippen LogP contribution is -2.24. The van der Waals surface area contributed by atoms with Gasteiger partial charge in [0.05, 0.1) is 11.8 Å². The van der Waals surface area contributed by atoms with Crippen LogP contribution in [0.3, 0.4) is 0 Å². The quantitative estimate of drug-likeness (QED) is 0.380. The highest BCUT2D eigenvalue weighted by atomic mass is 32.1. The normalized spacial score (nSPS) is 12.5. The highest BCUT2D eigenvalue weighted by Gasteiger charge is 2.28. The summed E-state index contributed by atoms with van der Waals surface area (Å²) in [7, 11) is 0. The number of nitrogens with one attached hydrogen (secondary N) is 1. The first-order valence-corrected chi connectivity index (χ1v) is 11.3. The third-order valence-electron chi connectivity index (χ3n) is 5.25. The SMILES string of the molecule is CC(OC(C)(C)c1csc(NC(=O)c2cccn2Cc2ccncc2)n1)c1ccccc1. The van der Waals surface area contributed by atoms with Gasteiger partial charge < -0.3 is 9.30 Å². The van der Waals surface area contributed by atoms with Crippen LogP contribution >= 0.6 is 11.3 Å². The number of hydrogen-bond donors (Lipinski definition) is 1. The summed E-state index contributed by atoms with van der Waals surface area (Å²) in [4.78, 5) is 21.6. The van der Waals surface area contributed by atoms with Crippen LogP contribution < -0.4 is 5.32 Å². The number of benzene rings is 1. The third-order valence-corrected chi connectivity index (χ3v) is 6.00. The lowest BCUT2D eigenvalue weighted by Gasteiger charge is -2.28. The average Bonchev–Trinajstić information content (AvgIpc) is 3.45. The van der Waals surface area contributed by atoms with Gasteiger partial charge in [-0.1, -0.05) is 30.3 Å². The molecular weight excluding hydrogens is 420 g/mol. The molecule has 32 heavy (non-hydrogen) atoms. The number of aromatic nitrogens is 3. The predicted octanol–water partition coefficient (Wildman–Crippen LogP) is 5.65. The van der Waals surface area contributed by atoms with Gasteiger partial charge in [-0.15, -0.1) is 11.3 Å². The lowest BCUT2D eigenvalue weighted by atomic mass is 10.0. The van der Waals surface area contributed by atoms with Crippen molar-refractivity contribution in [3.63, 3.8) is 0 Å². The fourth-order valence-electron chi connectivity index (χ4n) is 3.51. The lowest BCUT2D eigenvalue weighted by molar-refractivity contribution is -0.0724. The zero-order valence-electron chi connectivity index (χ0n) is 18.4. The van der Waals surface area contributed by atoms with E-state index >= 15 is 0 Å². The van der Waals surface area contributed by atoms with Crippen LogP contribution in [0.5, 0.6) is 0 Å². The zero-order chi connectivity index (χ0) is 22.6. The molecule has 0 saturated carbocycles. The summed E-state index contributed by atoms with van der Waals surface area (Å²) < 4.78 is 8.22. The van der Waals surface area contributed by atoms with Crippen LogP contribution in [0.1, 0.15) is 54.2 Å². The Morgan fingerprint density at radius 1 is 1.12 bits per heavy atom. The topological polar surface area (TPSA) is 69.0 Å². The smallest absolute Gasteiger partial charge is 0.274 e. The molecular formula is C25H26N4O2S. The second-order valence-electron chi connectivity index (χ2n) is 8.05. The van der Waals surface area contributed by atoms with E-state index in [0.29, 0.717) is 17.4 Å². The zero-order valence-corrected chi connectivity index (χ0v) is 19.2. The summed E-state index contributed by atoms with van der Waals surface area (Å²) in [5.74, 6) is -0.193. The molecule has 3 aromatic heterocycles. The minimum Gasteiger partial charge on any atom is -0.362 e. The van der Waals surface area contributed by atoms with Crippen LogP contribution in [0, 0.1) is 0 Å². The Morgan fingerprint density at radius 3 is 2.62 bits per heavy atom. The predicted molar refractivity (Wildman–Crippen MR) is 127 cm³/mol. The third kappa shape index (κ3) is 5.12. The molecule has 4 rings (SSSR count). The number of hydrogen-bond acceptors (Lipinski definition) is 5. The maximum Gasteiger partial charge on any atom is 0.274 e. The molecule has 0 spiro atoms. The van der Waals surface area contributed by atoms with Crippen molar-refractivity contribution in [1.82, 2.24) is 14.5 Å². The molecule has 0 bridgehead atoms. The van der Waals surface area contributed by atoms with E-state index in [1.807, 2.05) is 73.3 Å². The maximum absolute atomic E-state index is 12.9. The Kier molecular flexibility index (Phi) is 6.48. The summed E-state index contributed by atoms with van der Waals surface area (Å²) in [6, 6.07) is 17.6. The molecule has 1 amide bonds. The van der Waals surface area contributed by atoms with Crippen LogP contribution in [0.4, 0.5) is 5.13 Å². The summed E-state index contributed by atoms with van der Waals surface area (Å²) >= 11 is 1.39. The molecule has 1 unspecified atom stereocenters. The molecule has 0 fully saturated rings. The van der Waals surface area contributed by atoms with Gasteiger partial charge in [0.2, 0.25) is 0 Å². The van der Waals surface area contributed by atoms with Crippen molar-refractivity contribution < 1.29 is 9.53 Å². The molecule has 0 aliphatic carbocycles. The van der Waals surface area contributed by atoms with Crippen molar-refractivity contribution in [1.29, 1.82) is 0 Å². The van der Waals surface area contributed by atoms with Crippen molar-refractivity contribution in [2.45, 2.75) is 39.0 Å². The number of carbonyl (C=O) groups is 1. The van der Waals surface area contributed by atoms with E-state index in [4.69, 9.17) is 4.74 Å². The fraction of sp³-hybridized carbons (Fsp3) is 0.240. The highest BCUT2D eigenvalue weighted by molar-refractivity contribution is 7.14. The molecule has 4 aromatic rings. The van der Waals surface area contributed by atoms with E-state index < -0.39 is 5.60 Å². The van der Waals surface area contributed by atoms with Crippen LogP contribution in [0.2, 0.25) is 0 Å². The first-order chi connectivity index (χ1) is 15.4. The van der Waals surface area contributed by atoms with Crippen molar-refractivity contribution in [2.75, 3.05) is 5.32 Å². The molecule has 0 saturated heterocycles. The molecule has 1 atom stereocenters. The number of thiazole rings is 1. The Balaban J connectivity index is 1.43. The van der Waals surface area contributed by atoms with Crippen molar-refractivity contribution in [3.8, 4) is 0 Å². The van der Waals surface area contributed by atoms with Crippen molar-refractivity contribution in [3.05, 3.63) is 101 Å². The van der Waals surface area contributed by atoms with Crippen LogP contribution in [-0.2, 0) is 16.9 Å². The molecule has 164 valence electrons. The van der Waals surface area contributed by atoms with Gasteiger partial charge in [-0.05, 0) is 56.2 Å². The van der Waals surface area contributed by atoms with E-state index in [0.717, 1.165) is 16.8 Å². The van der Waals surface area contributed by atoms with Gasteiger partial charge in [0.25, 0.3) is 5.91 Å². The number of pyridine rings is 1. The minimum atomic E-state index is -0.601. The minimum absolute atomic E-state index is 0.0811. The van der Waals surface area contributed by atoms with E-state index in [-0.39, 0.29) is 12.0 Å². The van der Waals surface area contributed by atoms with Crippen LogP contribution in [0.25, 0.3) is 0 Å². The number of carbonyl (C=O) groups excluding carboxylic acids is 1. The van der Waals surface area contributed by atoms with Gasteiger partial charge in [-0.2, -0.15) is 0 Å². The average molecular weight is 447 g/mol. The first kappa shape index (κ1) is 21.9. The van der Waals surface area contributed by atoms with Gasteiger partial charge in [-0.3, -0.25) is 15.1 Å². The van der Waals surface area contributed by atoms with Crippen molar-refractivity contribution in [2.24, 2.45) is 0 Å². The number of nitrogens with zero attached hydrogens (tertiary/aromatic N) is 3. The number of rotatable bonds is 8. The largest absolute Gasteiger partial charge is 0.362 e. The van der Waals surface area contributed by atoms with Gasteiger partial charge in [-0.25, -0.2) is 4.98 Å². The number of amides is 1. The summed E-state index contributed by atoms with van der Waals surface area (Å²) in [6.07, 6.45) is 5.31. The molecule has 1 aromatic carbocycles. The van der Waals surface area contributed by atoms with Gasteiger partial charge in [0.15, 0.2) is 5.13 Å². The van der Waals surface area contributed by atoms with Gasteiger partial charge >= 0.3 is 0 Å². The molecule has 6 nitrogen and oxygen atoms in total. The molecule has 0 aliphatic rings. The standard InChI is InChI=1S/C25H26N4O2S/c1-18(20-8-5-4-6-9-20)31-25(2,3)22-17-32-24(27-22)28-23(30)21-10-7-15-29(21)16-19-11-13-26-14-12-19/h4-15,17-18H,16H2,1-3H3,(H,27,28,30). The Morgan fingerprint density at radius 2 is 1.88 bits per heavy atom. The Labute approximate surface area is 191 Å². The van der Waals surface area contributed by atoms with Crippen molar-refractivity contribution >= 4 is 22.4 Å². The molecule has 3 heterocycles. The van der Waals surface area contributed by atoms with Crippen LogP contribution in [0.15, 0.2) is 78.6 Å². The Bertz CT molecular complexity index is 1170. The molecule has 1 N–H and O–H groups in total. The van der Waals surface area contributed by atoms with E-state index in [1.165, 1.54) is 11.3 Å². The Hall–Kier alpha value is -3.29. The first-order valence-electron chi connectivity index (χ1n) is 10.5. The number of anilines is 1. The summed E-state index contributed by atoms with van der Waals surface area (Å²) in [5.41, 5.74) is 2.95. The molecule has 0 radical (unpaired) electrons. The van der Waals surface area contributed by atoms with Gasteiger partial charge in [0.1, 0.15) is 11.3 Å². The van der Waals surface area contributed by atoms with E-state index in [1.54, 1.807) is 18.5 Å². The second-order valence-corrected chi connectivity index (χ2v) is 8.91. The second kappa shape index (κ2) is 9.46. The molecule has 0 aliphatic heterocycles. The van der Waals surface area contributed by atoms with E-state index in [9.17, 15) is 4.79 Å².